The summed E-state index contributed by atoms with van der Waals surface area (Å²) in [6, 6.07) is 7.81. The third kappa shape index (κ3) is 2.97. The lowest BCUT2D eigenvalue weighted by Crippen LogP contribution is -2.22. The molecule has 1 atom stereocenters. The largest absolute Gasteiger partial charge is 0.301 e. The molecule has 2 aromatic heterocycles. The average molecular weight is 322 g/mol. The van der Waals surface area contributed by atoms with Crippen molar-refractivity contribution in [1.29, 1.82) is 0 Å². The Labute approximate surface area is 127 Å². The highest BCUT2D eigenvalue weighted by Crippen LogP contribution is 2.28. The minimum Gasteiger partial charge on any atom is -0.301 e. The first-order chi connectivity index (χ1) is 9.72. The van der Waals surface area contributed by atoms with Crippen molar-refractivity contribution in [3.05, 3.63) is 29.8 Å². The van der Waals surface area contributed by atoms with Crippen LogP contribution >= 0.6 is 34.4 Å². The normalized spacial score (nSPS) is 12.4. The van der Waals surface area contributed by atoms with Gasteiger partial charge < -0.3 is 5.32 Å². The quantitative estimate of drug-likeness (QED) is 0.747. The third-order valence-corrected chi connectivity index (χ3v) is 5.37. The molecular formula is C12H10N4OS3. The number of nitrogens with zero attached hydrogens (tertiary/aromatic N) is 3. The fourth-order valence-corrected chi connectivity index (χ4v) is 4.05. The molecule has 0 aliphatic heterocycles. The Bertz CT molecular complexity index is 692. The number of aromatic nitrogens is 3. The van der Waals surface area contributed by atoms with Crippen molar-refractivity contribution >= 4 is 55.7 Å². The van der Waals surface area contributed by atoms with E-state index in [0.29, 0.717) is 5.13 Å². The molecule has 0 fully saturated rings. The third-order valence-electron chi connectivity index (χ3n) is 2.51. The Balaban J connectivity index is 1.68. The number of thiazole rings is 1. The lowest BCUT2D eigenvalue weighted by atomic mass is 10.3. The molecular weight excluding hydrogens is 312 g/mol. The SMILES string of the molecule is CC(Sc1nncs1)C(=O)Nc1nc2ccccc2s1. The van der Waals surface area contributed by atoms with Gasteiger partial charge in [-0.15, -0.1) is 10.2 Å². The van der Waals surface area contributed by atoms with E-state index in [1.165, 1.54) is 34.4 Å². The molecule has 0 radical (unpaired) electrons. The molecule has 0 aliphatic carbocycles. The van der Waals surface area contributed by atoms with Crippen molar-refractivity contribution in [3.8, 4) is 0 Å². The predicted octanol–water partition coefficient (Wildman–Crippen LogP) is 3.27. The van der Waals surface area contributed by atoms with Gasteiger partial charge in [-0.2, -0.15) is 0 Å². The number of para-hydroxylation sites is 1. The summed E-state index contributed by atoms with van der Waals surface area (Å²) in [5.74, 6) is -0.0794. The number of benzene rings is 1. The summed E-state index contributed by atoms with van der Waals surface area (Å²) in [6.45, 7) is 1.84. The van der Waals surface area contributed by atoms with Gasteiger partial charge in [0, 0.05) is 0 Å². The summed E-state index contributed by atoms with van der Waals surface area (Å²) in [5.41, 5.74) is 2.55. The van der Waals surface area contributed by atoms with Crippen LogP contribution in [0.5, 0.6) is 0 Å². The molecule has 1 unspecified atom stereocenters. The number of amides is 1. The summed E-state index contributed by atoms with van der Waals surface area (Å²) in [4.78, 5) is 16.5. The highest BCUT2D eigenvalue weighted by atomic mass is 32.2. The Morgan fingerprint density at radius 3 is 3.00 bits per heavy atom. The van der Waals surface area contributed by atoms with Gasteiger partial charge in [-0.1, -0.05) is 46.6 Å². The Kier molecular flexibility index (Phi) is 3.95. The number of thioether (sulfide) groups is 1. The molecule has 1 amide bonds. The van der Waals surface area contributed by atoms with Crippen LogP contribution in [-0.4, -0.2) is 26.3 Å². The second-order valence-electron chi connectivity index (χ2n) is 3.94. The maximum absolute atomic E-state index is 12.1. The van der Waals surface area contributed by atoms with Gasteiger partial charge in [0.1, 0.15) is 5.51 Å². The molecule has 1 aromatic carbocycles. The number of rotatable bonds is 4. The van der Waals surface area contributed by atoms with E-state index in [-0.39, 0.29) is 11.2 Å². The maximum atomic E-state index is 12.1. The van der Waals surface area contributed by atoms with E-state index in [1.807, 2.05) is 31.2 Å². The zero-order chi connectivity index (χ0) is 13.9. The van der Waals surface area contributed by atoms with Crippen LogP contribution in [0.2, 0.25) is 0 Å². The molecule has 0 saturated heterocycles. The van der Waals surface area contributed by atoms with Gasteiger partial charge in [-0.25, -0.2) is 4.98 Å². The first-order valence-electron chi connectivity index (χ1n) is 5.81. The Hall–Kier alpha value is -1.51. The van der Waals surface area contributed by atoms with E-state index in [9.17, 15) is 4.79 Å². The molecule has 1 N–H and O–H groups in total. The van der Waals surface area contributed by atoms with Gasteiger partial charge in [-0.3, -0.25) is 4.79 Å². The highest BCUT2D eigenvalue weighted by Gasteiger charge is 2.17. The molecule has 102 valence electrons. The molecule has 3 rings (SSSR count). The van der Waals surface area contributed by atoms with E-state index in [2.05, 4.69) is 20.5 Å². The Morgan fingerprint density at radius 2 is 2.25 bits per heavy atom. The van der Waals surface area contributed by atoms with Gasteiger partial charge >= 0.3 is 0 Å². The monoisotopic (exact) mass is 322 g/mol. The van der Waals surface area contributed by atoms with E-state index in [1.54, 1.807) is 5.51 Å². The maximum Gasteiger partial charge on any atom is 0.239 e. The minimum atomic E-state index is -0.241. The fourth-order valence-electron chi connectivity index (χ4n) is 1.55. The topological polar surface area (TPSA) is 67.8 Å². The minimum absolute atomic E-state index is 0.0794. The second kappa shape index (κ2) is 5.86. The predicted molar refractivity (Wildman–Crippen MR) is 83.5 cm³/mol. The van der Waals surface area contributed by atoms with Crippen LogP contribution in [0.3, 0.4) is 0 Å². The first kappa shape index (κ1) is 13.5. The van der Waals surface area contributed by atoms with Gasteiger partial charge in [0.25, 0.3) is 0 Å². The van der Waals surface area contributed by atoms with Crippen LogP contribution in [0.4, 0.5) is 5.13 Å². The van der Waals surface area contributed by atoms with Crippen LogP contribution in [0.15, 0.2) is 34.1 Å². The van der Waals surface area contributed by atoms with Crippen molar-refractivity contribution in [2.24, 2.45) is 0 Å². The number of nitrogens with one attached hydrogen (secondary N) is 1. The van der Waals surface area contributed by atoms with Crippen molar-refractivity contribution in [3.63, 3.8) is 0 Å². The van der Waals surface area contributed by atoms with Gasteiger partial charge in [0.05, 0.1) is 15.5 Å². The number of hydrogen-bond donors (Lipinski definition) is 1. The number of hydrogen-bond acceptors (Lipinski definition) is 7. The van der Waals surface area contributed by atoms with Crippen molar-refractivity contribution in [1.82, 2.24) is 15.2 Å². The molecule has 2 heterocycles. The van der Waals surface area contributed by atoms with E-state index >= 15 is 0 Å². The number of carbonyl (C=O) groups excluding carboxylic acids is 1. The Morgan fingerprint density at radius 1 is 1.40 bits per heavy atom. The van der Waals surface area contributed by atoms with Crippen molar-refractivity contribution in [2.75, 3.05) is 5.32 Å². The summed E-state index contributed by atoms with van der Waals surface area (Å²) in [6.07, 6.45) is 0. The van der Waals surface area contributed by atoms with E-state index < -0.39 is 0 Å². The number of fused-ring (bicyclic) bond motifs is 1. The molecule has 0 saturated carbocycles. The average Bonchev–Trinajstić information content (AvgIpc) is 3.06. The van der Waals surface area contributed by atoms with Gasteiger partial charge in [-0.05, 0) is 19.1 Å². The van der Waals surface area contributed by atoms with Crippen LogP contribution in [0, 0.1) is 0 Å². The summed E-state index contributed by atoms with van der Waals surface area (Å²) < 4.78 is 1.85. The van der Waals surface area contributed by atoms with Crippen molar-refractivity contribution in [2.45, 2.75) is 16.5 Å². The smallest absolute Gasteiger partial charge is 0.239 e. The molecule has 3 aromatic rings. The second-order valence-corrected chi connectivity index (χ2v) is 7.39. The van der Waals surface area contributed by atoms with Crippen LogP contribution in [0.1, 0.15) is 6.92 Å². The van der Waals surface area contributed by atoms with Crippen LogP contribution in [0.25, 0.3) is 10.2 Å². The lowest BCUT2D eigenvalue weighted by Gasteiger charge is -2.07. The molecule has 0 spiro atoms. The summed E-state index contributed by atoms with van der Waals surface area (Å²) in [7, 11) is 0. The zero-order valence-electron chi connectivity index (χ0n) is 10.4. The fraction of sp³-hybridized carbons (Fsp3) is 0.167. The standard InChI is InChI=1S/C12H10N4OS3/c1-7(19-12-16-13-6-18-12)10(17)15-11-14-8-4-2-3-5-9(8)20-11/h2-7H,1H3,(H,14,15,17). The van der Waals surface area contributed by atoms with Crippen LogP contribution < -0.4 is 5.32 Å². The van der Waals surface area contributed by atoms with Gasteiger partial charge in [0.2, 0.25) is 5.91 Å². The highest BCUT2D eigenvalue weighted by molar-refractivity contribution is 8.02. The molecule has 8 heteroatoms. The summed E-state index contributed by atoms with van der Waals surface area (Å²) >= 11 is 4.29. The van der Waals surface area contributed by atoms with Gasteiger partial charge in [0.15, 0.2) is 9.47 Å². The molecule has 0 bridgehead atoms. The van der Waals surface area contributed by atoms with Crippen LogP contribution in [-0.2, 0) is 4.79 Å². The van der Waals surface area contributed by atoms with E-state index in [4.69, 9.17) is 0 Å². The number of carbonyl (C=O) groups is 1. The first-order valence-corrected chi connectivity index (χ1v) is 8.39. The molecule has 5 nitrogen and oxygen atoms in total. The zero-order valence-corrected chi connectivity index (χ0v) is 12.9. The lowest BCUT2D eigenvalue weighted by molar-refractivity contribution is -0.115. The molecule has 20 heavy (non-hydrogen) atoms. The van der Waals surface area contributed by atoms with Crippen molar-refractivity contribution < 1.29 is 4.79 Å². The number of anilines is 1. The van der Waals surface area contributed by atoms with E-state index in [0.717, 1.165) is 14.6 Å². The molecule has 0 aliphatic rings. The summed E-state index contributed by atoms with van der Waals surface area (Å²) in [5, 5.41) is 10.9.